The van der Waals surface area contributed by atoms with Crippen molar-refractivity contribution in [3.05, 3.63) is 0 Å². The fourth-order valence-corrected chi connectivity index (χ4v) is 2.85. The third-order valence-corrected chi connectivity index (χ3v) is 3.75. The molecule has 1 saturated heterocycles. The Balaban J connectivity index is 2.35. The van der Waals surface area contributed by atoms with Crippen molar-refractivity contribution in [1.29, 1.82) is 0 Å². The Bertz CT molecular complexity index is 278. The highest BCUT2D eigenvalue weighted by Gasteiger charge is 2.54. The zero-order valence-electron chi connectivity index (χ0n) is 8.59. The second-order valence-electron chi connectivity index (χ2n) is 4.51. The number of carbonyl (C=O) groups excluding carboxylic acids is 2. The standard InChI is InChI=1S/C10H16N2O2/c1-6-4-3-5-7(2)10(6)8(13)11-9(14)12-10/h6-7H,3-5H2,1-2H3,(H2,11,12,13,14)/t6-,7-/m0/s1. The fraction of sp³-hybridized carbons (Fsp3) is 0.800. The summed E-state index contributed by atoms with van der Waals surface area (Å²) in [6, 6.07) is -0.337. The van der Waals surface area contributed by atoms with Gasteiger partial charge in [-0.25, -0.2) is 4.79 Å². The van der Waals surface area contributed by atoms with E-state index in [-0.39, 0.29) is 23.8 Å². The van der Waals surface area contributed by atoms with E-state index in [0.717, 1.165) is 19.3 Å². The SMILES string of the molecule is C[C@H]1CCC[C@H](C)C12NC(=O)NC2=O. The Morgan fingerprint density at radius 1 is 1.21 bits per heavy atom. The van der Waals surface area contributed by atoms with Gasteiger partial charge in [0.1, 0.15) is 5.54 Å². The zero-order valence-corrected chi connectivity index (χ0v) is 8.59. The molecule has 2 N–H and O–H groups in total. The van der Waals surface area contributed by atoms with E-state index in [1.165, 1.54) is 0 Å². The zero-order chi connectivity index (χ0) is 10.3. The summed E-state index contributed by atoms with van der Waals surface area (Å²) < 4.78 is 0. The van der Waals surface area contributed by atoms with Gasteiger partial charge in [0.05, 0.1) is 0 Å². The van der Waals surface area contributed by atoms with Gasteiger partial charge in [0.25, 0.3) is 5.91 Å². The van der Waals surface area contributed by atoms with Crippen LogP contribution in [0.1, 0.15) is 33.1 Å². The Labute approximate surface area is 83.4 Å². The second-order valence-corrected chi connectivity index (χ2v) is 4.51. The first-order valence-corrected chi connectivity index (χ1v) is 5.21. The third-order valence-electron chi connectivity index (χ3n) is 3.75. The highest BCUT2D eigenvalue weighted by atomic mass is 16.2. The van der Waals surface area contributed by atoms with Crippen molar-refractivity contribution in [1.82, 2.24) is 10.6 Å². The molecule has 1 spiro atoms. The van der Waals surface area contributed by atoms with E-state index in [4.69, 9.17) is 0 Å². The topological polar surface area (TPSA) is 58.2 Å². The molecule has 1 heterocycles. The first kappa shape index (κ1) is 9.49. The van der Waals surface area contributed by atoms with Crippen LogP contribution in [0.25, 0.3) is 0 Å². The molecule has 14 heavy (non-hydrogen) atoms. The maximum absolute atomic E-state index is 11.8. The summed E-state index contributed by atoms with van der Waals surface area (Å²) in [5.74, 6) is 0.331. The normalized spacial score (nSPS) is 35.6. The molecule has 1 aliphatic heterocycles. The van der Waals surface area contributed by atoms with Crippen molar-refractivity contribution in [2.75, 3.05) is 0 Å². The number of rotatable bonds is 0. The molecule has 1 aliphatic carbocycles. The van der Waals surface area contributed by atoms with Gasteiger partial charge in [-0.05, 0) is 24.7 Å². The number of nitrogens with one attached hydrogen (secondary N) is 2. The van der Waals surface area contributed by atoms with Crippen LogP contribution in [0.5, 0.6) is 0 Å². The Kier molecular flexibility index (Phi) is 2.01. The molecule has 2 fully saturated rings. The lowest BCUT2D eigenvalue weighted by Crippen LogP contribution is -2.58. The number of hydrogen-bond acceptors (Lipinski definition) is 2. The van der Waals surface area contributed by atoms with Gasteiger partial charge in [-0.3, -0.25) is 10.1 Å². The molecule has 4 heteroatoms. The Hall–Kier alpha value is -1.06. The largest absolute Gasteiger partial charge is 0.323 e. The van der Waals surface area contributed by atoms with Crippen molar-refractivity contribution in [3.63, 3.8) is 0 Å². The molecule has 2 aliphatic rings. The number of amides is 3. The third kappa shape index (κ3) is 1.06. The first-order valence-electron chi connectivity index (χ1n) is 5.21. The van der Waals surface area contributed by atoms with Crippen molar-refractivity contribution < 1.29 is 9.59 Å². The van der Waals surface area contributed by atoms with E-state index < -0.39 is 5.54 Å². The van der Waals surface area contributed by atoms with E-state index in [2.05, 4.69) is 10.6 Å². The summed E-state index contributed by atoms with van der Waals surface area (Å²) in [5.41, 5.74) is -0.630. The van der Waals surface area contributed by atoms with Gasteiger partial charge in [-0.1, -0.05) is 20.3 Å². The lowest BCUT2D eigenvalue weighted by atomic mass is 9.67. The minimum absolute atomic E-state index is 0.137. The van der Waals surface area contributed by atoms with Gasteiger partial charge in [-0.2, -0.15) is 0 Å². The molecule has 4 nitrogen and oxygen atoms in total. The summed E-state index contributed by atoms with van der Waals surface area (Å²) in [6.45, 7) is 4.08. The van der Waals surface area contributed by atoms with Crippen LogP contribution in [0.4, 0.5) is 4.79 Å². The molecule has 0 bridgehead atoms. The molecule has 0 aromatic carbocycles. The molecule has 0 aromatic rings. The molecular weight excluding hydrogens is 180 g/mol. The molecule has 2 rings (SSSR count). The molecule has 1 saturated carbocycles. The Morgan fingerprint density at radius 3 is 2.21 bits per heavy atom. The average molecular weight is 196 g/mol. The van der Waals surface area contributed by atoms with Crippen LogP contribution in [-0.2, 0) is 4.79 Å². The van der Waals surface area contributed by atoms with Crippen molar-refractivity contribution >= 4 is 11.9 Å². The minimum Gasteiger partial charge on any atom is -0.323 e. The first-order chi connectivity index (χ1) is 6.57. The predicted molar refractivity (Wildman–Crippen MR) is 51.6 cm³/mol. The lowest BCUT2D eigenvalue weighted by Gasteiger charge is -2.41. The van der Waals surface area contributed by atoms with Crippen LogP contribution in [0.2, 0.25) is 0 Å². The predicted octanol–water partition coefficient (Wildman–Crippen LogP) is 1.02. The molecular formula is C10H16N2O2. The van der Waals surface area contributed by atoms with Crippen molar-refractivity contribution in [2.45, 2.75) is 38.6 Å². The molecule has 0 radical (unpaired) electrons. The summed E-state index contributed by atoms with van der Waals surface area (Å²) in [4.78, 5) is 23.0. The monoisotopic (exact) mass is 196 g/mol. The smallest absolute Gasteiger partial charge is 0.322 e. The van der Waals surface area contributed by atoms with E-state index in [1.54, 1.807) is 0 Å². The van der Waals surface area contributed by atoms with E-state index in [9.17, 15) is 9.59 Å². The van der Waals surface area contributed by atoms with Gasteiger partial charge in [-0.15, -0.1) is 0 Å². The molecule has 0 aromatic heterocycles. The summed E-state index contributed by atoms with van der Waals surface area (Å²) >= 11 is 0. The molecule has 0 unspecified atom stereocenters. The second kappa shape index (κ2) is 2.97. The van der Waals surface area contributed by atoms with E-state index in [1.807, 2.05) is 13.8 Å². The highest BCUT2D eigenvalue weighted by molar-refractivity contribution is 6.07. The Morgan fingerprint density at radius 2 is 1.79 bits per heavy atom. The van der Waals surface area contributed by atoms with Gasteiger partial charge in [0, 0.05) is 0 Å². The number of carbonyl (C=O) groups is 2. The van der Waals surface area contributed by atoms with Crippen LogP contribution in [0.3, 0.4) is 0 Å². The quantitative estimate of drug-likeness (QED) is 0.568. The number of urea groups is 1. The van der Waals surface area contributed by atoms with Crippen LogP contribution < -0.4 is 10.6 Å². The van der Waals surface area contributed by atoms with Crippen LogP contribution in [-0.4, -0.2) is 17.5 Å². The van der Waals surface area contributed by atoms with Gasteiger partial charge in [0.15, 0.2) is 0 Å². The van der Waals surface area contributed by atoms with Gasteiger partial charge in [0.2, 0.25) is 0 Å². The summed E-state index contributed by atoms with van der Waals surface area (Å²) in [6.07, 6.45) is 3.17. The molecule has 3 amide bonds. The average Bonchev–Trinajstić information content (AvgIpc) is 2.39. The number of imide groups is 1. The fourth-order valence-electron chi connectivity index (χ4n) is 2.85. The van der Waals surface area contributed by atoms with Gasteiger partial charge >= 0.3 is 6.03 Å². The molecule has 2 atom stereocenters. The van der Waals surface area contributed by atoms with Gasteiger partial charge < -0.3 is 5.32 Å². The van der Waals surface area contributed by atoms with E-state index >= 15 is 0 Å². The maximum Gasteiger partial charge on any atom is 0.322 e. The highest BCUT2D eigenvalue weighted by Crippen LogP contribution is 2.39. The lowest BCUT2D eigenvalue weighted by molar-refractivity contribution is -0.129. The summed E-state index contributed by atoms with van der Waals surface area (Å²) in [7, 11) is 0. The summed E-state index contributed by atoms with van der Waals surface area (Å²) in [5, 5.41) is 5.17. The maximum atomic E-state index is 11.8. The van der Waals surface area contributed by atoms with Crippen molar-refractivity contribution in [2.24, 2.45) is 11.8 Å². The molecule has 78 valence electrons. The number of hydrogen-bond donors (Lipinski definition) is 2. The van der Waals surface area contributed by atoms with Crippen LogP contribution in [0, 0.1) is 11.8 Å². The minimum atomic E-state index is -0.630. The van der Waals surface area contributed by atoms with E-state index in [0.29, 0.717) is 0 Å². The van der Waals surface area contributed by atoms with Crippen molar-refractivity contribution in [3.8, 4) is 0 Å². The van der Waals surface area contributed by atoms with Crippen LogP contribution >= 0.6 is 0 Å². The van der Waals surface area contributed by atoms with Crippen LogP contribution in [0.15, 0.2) is 0 Å².